The lowest BCUT2D eigenvalue weighted by Gasteiger charge is -1.94. The summed E-state index contributed by atoms with van der Waals surface area (Å²) < 4.78 is 5.58. The van der Waals surface area contributed by atoms with E-state index in [-0.39, 0.29) is 5.75 Å². The van der Waals surface area contributed by atoms with Crippen molar-refractivity contribution in [3.8, 4) is 17.2 Å². The summed E-state index contributed by atoms with van der Waals surface area (Å²) in [5.74, 6) is 0.663. The molecule has 0 amide bonds. The van der Waals surface area contributed by atoms with E-state index < -0.39 is 0 Å². The van der Waals surface area contributed by atoms with Gasteiger partial charge < -0.3 is 9.52 Å². The van der Waals surface area contributed by atoms with E-state index in [4.69, 9.17) is 16.0 Å². The molecule has 84 valence electrons. The average molecular weight is 246 g/mol. The number of nitrogens with zero attached hydrogens (tertiary/aromatic N) is 1. The van der Waals surface area contributed by atoms with Crippen LogP contribution in [0.25, 0.3) is 22.6 Å². The molecule has 3 rings (SSSR count). The zero-order valence-electron chi connectivity index (χ0n) is 8.72. The van der Waals surface area contributed by atoms with Gasteiger partial charge in [0.05, 0.1) is 0 Å². The van der Waals surface area contributed by atoms with Crippen molar-refractivity contribution in [2.45, 2.75) is 0 Å². The molecule has 0 fully saturated rings. The molecule has 0 saturated heterocycles. The summed E-state index contributed by atoms with van der Waals surface area (Å²) in [6.07, 6.45) is 0. The van der Waals surface area contributed by atoms with Gasteiger partial charge in [-0.2, -0.15) is 0 Å². The van der Waals surface area contributed by atoms with Crippen molar-refractivity contribution in [3.05, 3.63) is 47.5 Å². The van der Waals surface area contributed by atoms with Crippen LogP contribution in [0.3, 0.4) is 0 Å². The molecule has 0 spiro atoms. The minimum Gasteiger partial charge on any atom is -0.508 e. The third-order valence-electron chi connectivity index (χ3n) is 2.44. The molecule has 0 atom stereocenters. The highest BCUT2D eigenvalue weighted by Crippen LogP contribution is 2.27. The lowest BCUT2D eigenvalue weighted by atomic mass is 10.2. The first kappa shape index (κ1) is 10.2. The Labute approximate surface area is 102 Å². The van der Waals surface area contributed by atoms with Crippen molar-refractivity contribution in [1.29, 1.82) is 0 Å². The smallest absolute Gasteiger partial charge is 0.227 e. The molecular weight excluding hydrogens is 238 g/mol. The van der Waals surface area contributed by atoms with Crippen LogP contribution in [-0.4, -0.2) is 10.1 Å². The summed E-state index contributed by atoms with van der Waals surface area (Å²) in [6.45, 7) is 0. The number of oxazole rings is 1. The Morgan fingerprint density at radius 3 is 2.82 bits per heavy atom. The lowest BCUT2D eigenvalue weighted by Crippen LogP contribution is -1.76. The van der Waals surface area contributed by atoms with Gasteiger partial charge in [-0.25, -0.2) is 4.98 Å². The van der Waals surface area contributed by atoms with E-state index in [1.165, 1.54) is 0 Å². The van der Waals surface area contributed by atoms with Crippen LogP contribution in [0, 0.1) is 0 Å². The second-order valence-electron chi connectivity index (χ2n) is 3.68. The molecule has 1 aromatic heterocycles. The number of fused-ring (bicyclic) bond motifs is 1. The van der Waals surface area contributed by atoms with Crippen LogP contribution < -0.4 is 0 Å². The molecule has 0 aliphatic heterocycles. The zero-order valence-corrected chi connectivity index (χ0v) is 9.48. The molecule has 0 unspecified atom stereocenters. The minimum atomic E-state index is 0.170. The number of phenolic OH excluding ortho intramolecular Hbond substituents is 1. The Bertz CT molecular complexity index is 691. The second kappa shape index (κ2) is 3.79. The fourth-order valence-electron chi connectivity index (χ4n) is 1.66. The van der Waals surface area contributed by atoms with E-state index in [9.17, 15) is 5.11 Å². The molecule has 0 aliphatic rings. The van der Waals surface area contributed by atoms with Crippen molar-refractivity contribution < 1.29 is 9.52 Å². The van der Waals surface area contributed by atoms with E-state index in [2.05, 4.69) is 4.98 Å². The van der Waals surface area contributed by atoms with Gasteiger partial charge in [-0.1, -0.05) is 17.7 Å². The number of aromatic hydroxyl groups is 1. The fraction of sp³-hybridized carbons (Fsp3) is 0. The predicted octanol–water partition coefficient (Wildman–Crippen LogP) is 3.85. The van der Waals surface area contributed by atoms with E-state index in [0.29, 0.717) is 22.0 Å². The Morgan fingerprint density at radius 1 is 1.12 bits per heavy atom. The number of hydrogen-bond acceptors (Lipinski definition) is 3. The van der Waals surface area contributed by atoms with Crippen molar-refractivity contribution >= 4 is 22.7 Å². The van der Waals surface area contributed by atoms with Crippen LogP contribution >= 0.6 is 11.6 Å². The van der Waals surface area contributed by atoms with Crippen molar-refractivity contribution in [1.82, 2.24) is 4.98 Å². The van der Waals surface area contributed by atoms with E-state index >= 15 is 0 Å². The number of aromatic nitrogens is 1. The molecule has 0 aliphatic carbocycles. The average Bonchev–Trinajstić information content (AvgIpc) is 2.72. The minimum absolute atomic E-state index is 0.170. The van der Waals surface area contributed by atoms with E-state index in [0.717, 1.165) is 5.56 Å². The van der Waals surface area contributed by atoms with Gasteiger partial charge in [0.25, 0.3) is 0 Å². The largest absolute Gasteiger partial charge is 0.508 e. The molecule has 0 saturated carbocycles. The van der Waals surface area contributed by atoms with Gasteiger partial charge in [-0.15, -0.1) is 0 Å². The quantitative estimate of drug-likeness (QED) is 0.708. The van der Waals surface area contributed by atoms with E-state index in [1.807, 2.05) is 12.1 Å². The summed E-state index contributed by atoms with van der Waals surface area (Å²) in [5, 5.41) is 9.98. The Morgan fingerprint density at radius 2 is 2.00 bits per heavy atom. The molecule has 4 heteroatoms. The van der Waals surface area contributed by atoms with Gasteiger partial charge in [-0.3, -0.25) is 0 Å². The van der Waals surface area contributed by atoms with Crippen molar-refractivity contribution in [2.24, 2.45) is 0 Å². The highest BCUT2D eigenvalue weighted by Gasteiger charge is 2.08. The predicted molar refractivity (Wildman–Crippen MR) is 66.1 cm³/mol. The fourth-order valence-corrected chi connectivity index (χ4v) is 1.85. The van der Waals surface area contributed by atoms with Crippen LogP contribution in [-0.2, 0) is 0 Å². The van der Waals surface area contributed by atoms with E-state index in [1.54, 1.807) is 30.3 Å². The standard InChI is InChI=1S/C13H8ClNO2/c14-9-3-1-2-8(6-9)13-15-11-7-10(16)4-5-12(11)17-13/h1-7,16H. The van der Waals surface area contributed by atoms with Crippen LogP contribution in [0.5, 0.6) is 5.75 Å². The third kappa shape index (κ3) is 1.85. The molecule has 17 heavy (non-hydrogen) atoms. The summed E-state index contributed by atoms with van der Waals surface area (Å²) >= 11 is 5.91. The molecule has 0 radical (unpaired) electrons. The molecule has 0 bridgehead atoms. The van der Waals surface area contributed by atoms with Gasteiger partial charge in [-0.05, 0) is 30.3 Å². The summed E-state index contributed by atoms with van der Waals surface area (Å²) in [6, 6.07) is 12.1. The number of halogens is 1. The second-order valence-corrected chi connectivity index (χ2v) is 4.12. The Balaban J connectivity index is 2.18. The first-order valence-corrected chi connectivity index (χ1v) is 5.46. The van der Waals surface area contributed by atoms with Gasteiger partial charge in [0.2, 0.25) is 5.89 Å². The van der Waals surface area contributed by atoms with Crippen molar-refractivity contribution in [2.75, 3.05) is 0 Å². The highest BCUT2D eigenvalue weighted by molar-refractivity contribution is 6.30. The number of rotatable bonds is 1. The molecule has 1 N–H and O–H groups in total. The number of phenols is 1. The molecule has 1 heterocycles. The normalized spacial score (nSPS) is 10.9. The molecule has 3 nitrogen and oxygen atoms in total. The maximum absolute atomic E-state index is 9.35. The lowest BCUT2D eigenvalue weighted by molar-refractivity contribution is 0.476. The third-order valence-corrected chi connectivity index (χ3v) is 2.68. The van der Waals surface area contributed by atoms with Crippen molar-refractivity contribution in [3.63, 3.8) is 0 Å². The molecule has 3 aromatic rings. The Kier molecular flexibility index (Phi) is 2.27. The SMILES string of the molecule is Oc1ccc2oc(-c3cccc(Cl)c3)nc2c1. The van der Waals surface area contributed by atoms with Crippen LogP contribution in [0.2, 0.25) is 5.02 Å². The molecular formula is C13H8ClNO2. The Hall–Kier alpha value is -2.00. The first-order valence-electron chi connectivity index (χ1n) is 5.08. The molecule has 2 aromatic carbocycles. The maximum atomic E-state index is 9.35. The van der Waals surface area contributed by atoms with Crippen LogP contribution in [0.15, 0.2) is 46.9 Å². The van der Waals surface area contributed by atoms with Crippen LogP contribution in [0.4, 0.5) is 0 Å². The topological polar surface area (TPSA) is 46.3 Å². The summed E-state index contributed by atoms with van der Waals surface area (Å²) in [5.41, 5.74) is 2.07. The van der Waals surface area contributed by atoms with Crippen LogP contribution in [0.1, 0.15) is 0 Å². The number of hydrogen-bond donors (Lipinski definition) is 1. The summed E-state index contributed by atoms with van der Waals surface area (Å²) in [7, 11) is 0. The monoisotopic (exact) mass is 245 g/mol. The first-order chi connectivity index (χ1) is 8.22. The zero-order chi connectivity index (χ0) is 11.8. The highest BCUT2D eigenvalue weighted by atomic mass is 35.5. The van der Waals surface area contributed by atoms with Gasteiger partial charge in [0.15, 0.2) is 5.58 Å². The maximum Gasteiger partial charge on any atom is 0.227 e. The van der Waals surface area contributed by atoms with Gasteiger partial charge in [0, 0.05) is 16.7 Å². The van der Waals surface area contributed by atoms with Gasteiger partial charge in [0.1, 0.15) is 11.3 Å². The van der Waals surface area contributed by atoms with Gasteiger partial charge >= 0.3 is 0 Å². The summed E-state index contributed by atoms with van der Waals surface area (Å²) in [4.78, 5) is 4.30. The number of benzene rings is 2.